The van der Waals surface area contributed by atoms with Gasteiger partial charge in [0.05, 0.1) is 12.5 Å². The number of carbonyl (C=O) groups excluding carboxylic acids is 1. The fourth-order valence-corrected chi connectivity index (χ4v) is 3.16. The Morgan fingerprint density at radius 3 is 2.62 bits per heavy atom. The van der Waals surface area contributed by atoms with Crippen molar-refractivity contribution in [3.8, 4) is 5.75 Å². The number of amides is 1. The first-order chi connectivity index (χ1) is 12.6. The summed E-state index contributed by atoms with van der Waals surface area (Å²) in [4.78, 5) is 24.6. The Labute approximate surface area is 153 Å². The van der Waals surface area contributed by atoms with Crippen molar-refractivity contribution in [1.82, 2.24) is 4.90 Å². The second-order valence-electron chi connectivity index (χ2n) is 6.60. The molecule has 1 heterocycles. The summed E-state index contributed by atoms with van der Waals surface area (Å²) in [5, 5.41) is 9.06. The topological polar surface area (TPSA) is 66.8 Å². The maximum atomic E-state index is 12.0. The normalized spacial score (nSPS) is 16.7. The predicted molar refractivity (Wildman–Crippen MR) is 97.9 cm³/mol. The summed E-state index contributed by atoms with van der Waals surface area (Å²) in [6.07, 6.45) is 1.99. The lowest BCUT2D eigenvalue weighted by Gasteiger charge is -2.16. The second kappa shape index (κ2) is 8.52. The zero-order valence-corrected chi connectivity index (χ0v) is 14.6. The molecule has 2 aromatic rings. The van der Waals surface area contributed by atoms with Crippen LogP contribution in [0.1, 0.15) is 24.0 Å². The van der Waals surface area contributed by atoms with Crippen molar-refractivity contribution in [3.05, 3.63) is 65.7 Å². The minimum absolute atomic E-state index is 0.0883. The SMILES string of the molecule is O=C(O)C1CC(=O)N(Cc2cccc(OCCCc3ccccc3)c2)C1. The van der Waals surface area contributed by atoms with Gasteiger partial charge in [-0.05, 0) is 36.1 Å². The van der Waals surface area contributed by atoms with Gasteiger partial charge in [-0.2, -0.15) is 0 Å². The predicted octanol–water partition coefficient (Wildman–Crippen LogP) is 3.13. The van der Waals surface area contributed by atoms with Gasteiger partial charge in [0.25, 0.3) is 0 Å². The number of carboxylic acids is 1. The number of likely N-dealkylation sites (tertiary alicyclic amines) is 1. The molecular weight excluding hydrogens is 330 g/mol. The highest BCUT2D eigenvalue weighted by Gasteiger charge is 2.34. The summed E-state index contributed by atoms with van der Waals surface area (Å²) >= 11 is 0. The Hall–Kier alpha value is -2.82. The first-order valence-corrected chi connectivity index (χ1v) is 8.88. The van der Waals surface area contributed by atoms with Gasteiger partial charge < -0.3 is 14.7 Å². The Balaban J connectivity index is 1.49. The van der Waals surface area contributed by atoms with Crippen LogP contribution in [-0.4, -0.2) is 35.0 Å². The van der Waals surface area contributed by atoms with Crippen LogP contribution in [0.3, 0.4) is 0 Å². The zero-order chi connectivity index (χ0) is 18.4. The summed E-state index contributed by atoms with van der Waals surface area (Å²) in [7, 11) is 0. The van der Waals surface area contributed by atoms with Crippen molar-refractivity contribution in [2.24, 2.45) is 5.92 Å². The minimum Gasteiger partial charge on any atom is -0.494 e. The van der Waals surface area contributed by atoms with E-state index < -0.39 is 11.9 Å². The molecule has 0 bridgehead atoms. The highest BCUT2D eigenvalue weighted by atomic mass is 16.5. The minimum atomic E-state index is -0.906. The van der Waals surface area contributed by atoms with Crippen LogP contribution in [0.5, 0.6) is 5.75 Å². The van der Waals surface area contributed by atoms with Gasteiger partial charge in [0, 0.05) is 19.5 Å². The first kappa shape index (κ1) is 18.0. The smallest absolute Gasteiger partial charge is 0.308 e. The molecule has 5 nitrogen and oxygen atoms in total. The average Bonchev–Trinajstić information content (AvgIpc) is 3.01. The third-order valence-electron chi connectivity index (χ3n) is 4.56. The van der Waals surface area contributed by atoms with E-state index in [0.717, 1.165) is 24.2 Å². The van der Waals surface area contributed by atoms with Gasteiger partial charge in [0.2, 0.25) is 5.91 Å². The molecule has 1 amide bonds. The molecule has 0 radical (unpaired) electrons. The Kier molecular flexibility index (Phi) is 5.89. The van der Waals surface area contributed by atoms with Crippen molar-refractivity contribution in [3.63, 3.8) is 0 Å². The molecular formula is C21H23NO4. The standard InChI is InChI=1S/C21H23NO4/c23-20-13-18(21(24)25)15-22(20)14-17-8-4-10-19(12-17)26-11-5-9-16-6-2-1-3-7-16/h1-4,6-8,10,12,18H,5,9,11,13-15H2,(H,24,25). The molecule has 26 heavy (non-hydrogen) atoms. The van der Waals surface area contributed by atoms with Crippen LogP contribution < -0.4 is 4.74 Å². The van der Waals surface area contributed by atoms with Gasteiger partial charge in [-0.1, -0.05) is 42.5 Å². The molecule has 3 rings (SSSR count). The maximum absolute atomic E-state index is 12.0. The van der Waals surface area contributed by atoms with Crippen molar-refractivity contribution in [2.75, 3.05) is 13.2 Å². The quantitative estimate of drug-likeness (QED) is 0.741. The average molecular weight is 353 g/mol. The van der Waals surface area contributed by atoms with Crippen LogP contribution in [0.15, 0.2) is 54.6 Å². The molecule has 0 spiro atoms. The van der Waals surface area contributed by atoms with E-state index in [2.05, 4.69) is 12.1 Å². The van der Waals surface area contributed by atoms with E-state index in [4.69, 9.17) is 9.84 Å². The first-order valence-electron chi connectivity index (χ1n) is 8.88. The summed E-state index contributed by atoms with van der Waals surface area (Å²) in [6, 6.07) is 17.9. The van der Waals surface area contributed by atoms with E-state index in [9.17, 15) is 9.59 Å². The van der Waals surface area contributed by atoms with Crippen LogP contribution in [0, 0.1) is 5.92 Å². The number of hydrogen-bond donors (Lipinski definition) is 1. The molecule has 2 aromatic carbocycles. The summed E-state index contributed by atoms with van der Waals surface area (Å²) in [5.74, 6) is -0.833. The molecule has 1 atom stereocenters. The van der Waals surface area contributed by atoms with Gasteiger partial charge in [0.1, 0.15) is 5.75 Å². The molecule has 1 aliphatic heterocycles. The summed E-state index contributed by atoms with van der Waals surface area (Å²) < 4.78 is 5.82. The monoisotopic (exact) mass is 353 g/mol. The molecule has 5 heteroatoms. The number of aliphatic carboxylic acids is 1. The molecule has 0 aliphatic carbocycles. The van der Waals surface area contributed by atoms with Crippen LogP contribution >= 0.6 is 0 Å². The number of hydrogen-bond acceptors (Lipinski definition) is 3. The molecule has 0 saturated carbocycles. The van der Waals surface area contributed by atoms with Gasteiger partial charge in [-0.15, -0.1) is 0 Å². The molecule has 1 unspecified atom stereocenters. The van der Waals surface area contributed by atoms with E-state index in [1.54, 1.807) is 4.90 Å². The van der Waals surface area contributed by atoms with Crippen molar-refractivity contribution in [1.29, 1.82) is 0 Å². The molecule has 136 valence electrons. The molecule has 1 fully saturated rings. The van der Waals surface area contributed by atoms with Crippen molar-refractivity contribution >= 4 is 11.9 Å². The summed E-state index contributed by atoms with van der Waals surface area (Å²) in [6.45, 7) is 1.32. The highest BCUT2D eigenvalue weighted by molar-refractivity contribution is 5.86. The molecule has 1 N–H and O–H groups in total. The van der Waals surface area contributed by atoms with Gasteiger partial charge >= 0.3 is 5.97 Å². The van der Waals surface area contributed by atoms with E-state index in [-0.39, 0.29) is 18.9 Å². The van der Waals surface area contributed by atoms with E-state index >= 15 is 0 Å². The van der Waals surface area contributed by atoms with Crippen molar-refractivity contribution < 1.29 is 19.4 Å². The number of carbonyl (C=O) groups is 2. The number of nitrogens with zero attached hydrogens (tertiary/aromatic N) is 1. The van der Waals surface area contributed by atoms with E-state index in [0.29, 0.717) is 13.2 Å². The maximum Gasteiger partial charge on any atom is 0.308 e. The molecule has 0 aromatic heterocycles. The third kappa shape index (κ3) is 4.85. The van der Waals surface area contributed by atoms with Crippen LogP contribution in [0.4, 0.5) is 0 Å². The number of benzene rings is 2. The number of carboxylic acid groups (broad SMARTS) is 1. The Bertz CT molecular complexity index is 760. The number of aryl methyl sites for hydroxylation is 1. The molecule has 1 saturated heterocycles. The van der Waals surface area contributed by atoms with E-state index in [1.165, 1.54) is 5.56 Å². The highest BCUT2D eigenvalue weighted by Crippen LogP contribution is 2.22. The van der Waals surface area contributed by atoms with Crippen LogP contribution in [0.2, 0.25) is 0 Å². The van der Waals surface area contributed by atoms with Crippen LogP contribution in [0.25, 0.3) is 0 Å². The lowest BCUT2D eigenvalue weighted by molar-refractivity contribution is -0.141. The Morgan fingerprint density at radius 2 is 1.88 bits per heavy atom. The molecule has 1 aliphatic rings. The summed E-state index contributed by atoms with van der Waals surface area (Å²) in [5.41, 5.74) is 2.25. The zero-order valence-electron chi connectivity index (χ0n) is 14.6. The Morgan fingerprint density at radius 1 is 1.12 bits per heavy atom. The second-order valence-corrected chi connectivity index (χ2v) is 6.60. The lowest BCUT2D eigenvalue weighted by Crippen LogP contribution is -2.25. The van der Waals surface area contributed by atoms with E-state index in [1.807, 2.05) is 42.5 Å². The van der Waals surface area contributed by atoms with Gasteiger partial charge in [0.15, 0.2) is 0 Å². The fraction of sp³-hybridized carbons (Fsp3) is 0.333. The van der Waals surface area contributed by atoms with Gasteiger partial charge in [-0.3, -0.25) is 9.59 Å². The lowest BCUT2D eigenvalue weighted by atomic mass is 10.1. The van der Waals surface area contributed by atoms with Crippen LogP contribution in [-0.2, 0) is 22.6 Å². The fourth-order valence-electron chi connectivity index (χ4n) is 3.16. The largest absolute Gasteiger partial charge is 0.494 e. The number of rotatable bonds is 8. The van der Waals surface area contributed by atoms with Crippen molar-refractivity contribution in [2.45, 2.75) is 25.8 Å². The number of ether oxygens (including phenoxy) is 1. The third-order valence-corrected chi connectivity index (χ3v) is 4.56. The van der Waals surface area contributed by atoms with Gasteiger partial charge in [-0.25, -0.2) is 0 Å².